The highest BCUT2D eigenvalue weighted by atomic mass is 79.9. The molecule has 5 heteroatoms. The van der Waals surface area contributed by atoms with Crippen LogP contribution in [0, 0.1) is 0 Å². The van der Waals surface area contributed by atoms with Crippen LogP contribution in [0.4, 0.5) is 5.82 Å². The Balaban J connectivity index is 2.20. The molecule has 2 rings (SSSR count). The maximum atomic E-state index is 4.50. The number of nitrogens with zero attached hydrogens (tertiary/aromatic N) is 3. The molecule has 1 N–H and O–H groups in total. The lowest BCUT2D eigenvalue weighted by Gasteiger charge is -2.21. The van der Waals surface area contributed by atoms with Crippen molar-refractivity contribution in [2.75, 3.05) is 19.0 Å². The zero-order valence-electron chi connectivity index (χ0n) is 11.1. The van der Waals surface area contributed by atoms with Gasteiger partial charge in [-0.25, -0.2) is 4.98 Å². The van der Waals surface area contributed by atoms with E-state index < -0.39 is 0 Å². The van der Waals surface area contributed by atoms with Crippen LogP contribution in [-0.2, 0) is 13.1 Å². The molecule has 0 aliphatic rings. The molecule has 0 amide bonds. The van der Waals surface area contributed by atoms with E-state index in [2.05, 4.69) is 42.2 Å². The summed E-state index contributed by atoms with van der Waals surface area (Å²) in [6.45, 7) is 1.53. The number of nitrogens with one attached hydrogen (secondary N) is 1. The summed E-state index contributed by atoms with van der Waals surface area (Å²) in [7, 11) is 3.97. The first-order valence-corrected chi connectivity index (χ1v) is 6.90. The smallest absolute Gasteiger partial charge is 0.133 e. The Bertz CT molecular complexity index is 530. The summed E-state index contributed by atoms with van der Waals surface area (Å²) < 4.78 is 0.993. The topological polar surface area (TPSA) is 41.1 Å². The first kappa shape index (κ1) is 14.0. The van der Waals surface area contributed by atoms with Crippen molar-refractivity contribution in [3.05, 3.63) is 52.4 Å². The number of aromatic nitrogens is 2. The molecule has 0 fully saturated rings. The van der Waals surface area contributed by atoms with Crippen molar-refractivity contribution in [3.63, 3.8) is 0 Å². The fourth-order valence-corrected chi connectivity index (χ4v) is 2.33. The van der Waals surface area contributed by atoms with E-state index in [1.165, 1.54) is 0 Å². The number of hydrogen-bond donors (Lipinski definition) is 1. The molecule has 0 atom stereocenters. The number of pyridine rings is 2. The molecule has 0 aliphatic heterocycles. The molecule has 0 aliphatic carbocycles. The quantitative estimate of drug-likeness (QED) is 0.919. The third kappa shape index (κ3) is 3.75. The highest BCUT2D eigenvalue weighted by molar-refractivity contribution is 9.10. The molecule has 100 valence electrons. The molecule has 2 heterocycles. The van der Waals surface area contributed by atoms with Crippen LogP contribution in [0.15, 0.2) is 41.1 Å². The van der Waals surface area contributed by atoms with Crippen LogP contribution < -0.4 is 10.2 Å². The van der Waals surface area contributed by atoms with Crippen LogP contribution in [0.5, 0.6) is 0 Å². The average molecular weight is 321 g/mol. The summed E-state index contributed by atoms with van der Waals surface area (Å²) in [6.07, 6.45) is 3.64. The molecule has 2 aromatic heterocycles. The summed E-state index contributed by atoms with van der Waals surface area (Å²) in [5.41, 5.74) is 2.19. The predicted octanol–water partition coefficient (Wildman–Crippen LogP) is 2.59. The van der Waals surface area contributed by atoms with E-state index in [4.69, 9.17) is 0 Å². The zero-order chi connectivity index (χ0) is 13.7. The average Bonchev–Trinajstić information content (AvgIpc) is 2.40. The Morgan fingerprint density at radius 3 is 2.84 bits per heavy atom. The van der Waals surface area contributed by atoms with Gasteiger partial charge in [-0.05, 0) is 41.2 Å². The summed E-state index contributed by atoms with van der Waals surface area (Å²) >= 11 is 3.46. The van der Waals surface area contributed by atoms with Gasteiger partial charge in [0.2, 0.25) is 0 Å². The Labute approximate surface area is 122 Å². The van der Waals surface area contributed by atoms with E-state index in [0.717, 1.165) is 34.6 Å². The molecule has 0 unspecified atom stereocenters. The van der Waals surface area contributed by atoms with Crippen molar-refractivity contribution < 1.29 is 0 Å². The predicted molar refractivity (Wildman–Crippen MR) is 81.0 cm³/mol. The Morgan fingerprint density at radius 2 is 2.16 bits per heavy atom. The first-order chi connectivity index (χ1) is 9.20. The summed E-state index contributed by atoms with van der Waals surface area (Å²) in [5, 5.41) is 3.17. The van der Waals surface area contributed by atoms with Gasteiger partial charge in [-0.3, -0.25) is 4.98 Å². The Hall–Kier alpha value is -1.46. The first-order valence-electron chi connectivity index (χ1n) is 6.11. The van der Waals surface area contributed by atoms with E-state index in [0.29, 0.717) is 0 Å². The SMILES string of the molecule is CNCc1cc(Br)cnc1N(C)Cc1ccccn1. The lowest BCUT2D eigenvalue weighted by Crippen LogP contribution is -2.21. The van der Waals surface area contributed by atoms with Crippen molar-refractivity contribution in [2.45, 2.75) is 13.1 Å². The molecule has 0 saturated heterocycles. The van der Waals surface area contributed by atoms with Crippen LogP contribution in [0.3, 0.4) is 0 Å². The molecule has 0 aromatic carbocycles. The fourth-order valence-electron chi connectivity index (χ4n) is 1.95. The summed E-state index contributed by atoms with van der Waals surface area (Å²) in [4.78, 5) is 11.0. The molecule has 0 saturated carbocycles. The van der Waals surface area contributed by atoms with Gasteiger partial charge in [-0.15, -0.1) is 0 Å². The Kier molecular flexibility index (Phi) is 4.87. The van der Waals surface area contributed by atoms with Crippen LogP contribution in [0.25, 0.3) is 0 Å². The number of rotatable bonds is 5. The van der Waals surface area contributed by atoms with E-state index >= 15 is 0 Å². The second kappa shape index (κ2) is 6.63. The summed E-state index contributed by atoms with van der Waals surface area (Å²) in [5.74, 6) is 0.975. The zero-order valence-corrected chi connectivity index (χ0v) is 12.7. The minimum Gasteiger partial charge on any atom is -0.354 e. The van der Waals surface area contributed by atoms with Gasteiger partial charge in [0.25, 0.3) is 0 Å². The standard InChI is InChI=1S/C14H17BrN4/c1-16-8-11-7-12(15)9-18-14(11)19(2)10-13-5-3-4-6-17-13/h3-7,9,16H,8,10H2,1-2H3. The summed E-state index contributed by atoms with van der Waals surface area (Å²) in [6, 6.07) is 8.04. The van der Waals surface area contributed by atoms with Crippen molar-refractivity contribution in [3.8, 4) is 0 Å². The number of halogens is 1. The van der Waals surface area contributed by atoms with Gasteiger partial charge < -0.3 is 10.2 Å². The maximum absolute atomic E-state index is 4.50. The minimum atomic E-state index is 0.742. The van der Waals surface area contributed by atoms with Crippen molar-refractivity contribution in [1.82, 2.24) is 15.3 Å². The van der Waals surface area contributed by atoms with E-state index in [-0.39, 0.29) is 0 Å². The van der Waals surface area contributed by atoms with E-state index in [1.54, 1.807) is 0 Å². The highest BCUT2D eigenvalue weighted by Gasteiger charge is 2.10. The van der Waals surface area contributed by atoms with E-state index in [1.807, 2.05) is 44.7 Å². The van der Waals surface area contributed by atoms with Gasteiger partial charge in [0.1, 0.15) is 5.82 Å². The van der Waals surface area contributed by atoms with Gasteiger partial charge in [0.05, 0.1) is 12.2 Å². The van der Waals surface area contributed by atoms with Crippen LogP contribution in [0.1, 0.15) is 11.3 Å². The van der Waals surface area contributed by atoms with Gasteiger partial charge in [-0.2, -0.15) is 0 Å². The van der Waals surface area contributed by atoms with Gasteiger partial charge >= 0.3 is 0 Å². The van der Waals surface area contributed by atoms with Crippen LogP contribution in [0.2, 0.25) is 0 Å². The van der Waals surface area contributed by atoms with Gasteiger partial charge in [0, 0.05) is 36.0 Å². The number of hydrogen-bond acceptors (Lipinski definition) is 4. The van der Waals surface area contributed by atoms with Crippen LogP contribution >= 0.6 is 15.9 Å². The molecular formula is C14H17BrN4. The lowest BCUT2D eigenvalue weighted by atomic mass is 10.2. The van der Waals surface area contributed by atoms with Crippen molar-refractivity contribution >= 4 is 21.7 Å². The van der Waals surface area contributed by atoms with Crippen molar-refractivity contribution in [2.24, 2.45) is 0 Å². The van der Waals surface area contributed by atoms with Crippen molar-refractivity contribution in [1.29, 1.82) is 0 Å². The third-order valence-electron chi connectivity index (χ3n) is 2.76. The molecule has 19 heavy (non-hydrogen) atoms. The molecule has 0 radical (unpaired) electrons. The number of anilines is 1. The van der Waals surface area contributed by atoms with Gasteiger partial charge in [-0.1, -0.05) is 6.07 Å². The van der Waals surface area contributed by atoms with Crippen LogP contribution in [-0.4, -0.2) is 24.1 Å². The normalized spacial score (nSPS) is 10.5. The molecule has 4 nitrogen and oxygen atoms in total. The lowest BCUT2D eigenvalue weighted by molar-refractivity contribution is 0.790. The third-order valence-corrected chi connectivity index (χ3v) is 3.20. The molecular weight excluding hydrogens is 304 g/mol. The largest absolute Gasteiger partial charge is 0.354 e. The Morgan fingerprint density at radius 1 is 1.32 bits per heavy atom. The highest BCUT2D eigenvalue weighted by Crippen LogP contribution is 2.21. The second-order valence-corrected chi connectivity index (χ2v) is 5.26. The monoisotopic (exact) mass is 320 g/mol. The minimum absolute atomic E-state index is 0.742. The fraction of sp³-hybridized carbons (Fsp3) is 0.286. The second-order valence-electron chi connectivity index (χ2n) is 4.34. The molecule has 0 spiro atoms. The molecule has 0 bridgehead atoms. The molecule has 2 aromatic rings. The maximum Gasteiger partial charge on any atom is 0.133 e. The van der Waals surface area contributed by atoms with E-state index in [9.17, 15) is 0 Å². The van der Waals surface area contributed by atoms with Gasteiger partial charge in [0.15, 0.2) is 0 Å².